The topological polar surface area (TPSA) is 43.7 Å². The Hall–Kier alpha value is -1.22. The van der Waals surface area contributed by atoms with Crippen molar-refractivity contribution in [3.05, 3.63) is 24.3 Å². The van der Waals surface area contributed by atoms with Crippen molar-refractivity contribution >= 4 is 0 Å². The van der Waals surface area contributed by atoms with Crippen LogP contribution in [-0.2, 0) is 0 Å². The quantitative estimate of drug-likeness (QED) is 0.575. The van der Waals surface area contributed by atoms with Gasteiger partial charge in [-0.2, -0.15) is 0 Å². The Morgan fingerprint density at radius 1 is 0.833 bits per heavy atom. The van der Waals surface area contributed by atoms with E-state index < -0.39 is 0 Å². The standard InChI is InChI=1S/C6H6O2.C3H9N/c7-5-1-2-6(8)4-3-5;1-4(2)3/h1-4,7-8H;1-3H3. The maximum Gasteiger partial charge on any atom is 0.115 e. The summed E-state index contributed by atoms with van der Waals surface area (Å²) in [7, 11) is 6.00. The smallest absolute Gasteiger partial charge is 0.115 e. The molecule has 0 amide bonds. The van der Waals surface area contributed by atoms with Gasteiger partial charge in [0.15, 0.2) is 0 Å². The summed E-state index contributed by atoms with van der Waals surface area (Å²) in [5.41, 5.74) is 0. The molecule has 0 spiro atoms. The first-order valence-corrected chi connectivity index (χ1v) is 3.61. The molecule has 1 aromatic carbocycles. The van der Waals surface area contributed by atoms with E-state index in [2.05, 4.69) is 0 Å². The van der Waals surface area contributed by atoms with Crippen molar-refractivity contribution in [3.63, 3.8) is 0 Å². The Balaban J connectivity index is 0.000000261. The molecule has 0 atom stereocenters. The van der Waals surface area contributed by atoms with E-state index in [4.69, 9.17) is 10.2 Å². The normalized spacial score (nSPS) is 9.00. The van der Waals surface area contributed by atoms with E-state index in [1.54, 1.807) is 0 Å². The first-order chi connectivity index (χ1) is 5.52. The van der Waals surface area contributed by atoms with Crippen LogP contribution in [-0.4, -0.2) is 36.3 Å². The Bertz CT molecular complexity index is 183. The van der Waals surface area contributed by atoms with Gasteiger partial charge in [-0.1, -0.05) is 0 Å². The largest absolute Gasteiger partial charge is 0.508 e. The van der Waals surface area contributed by atoms with Crippen molar-refractivity contribution in [2.75, 3.05) is 21.1 Å². The molecular weight excluding hydrogens is 154 g/mol. The summed E-state index contributed by atoms with van der Waals surface area (Å²) >= 11 is 0. The molecular formula is C9H15NO2. The van der Waals surface area contributed by atoms with Gasteiger partial charge in [0.1, 0.15) is 11.5 Å². The van der Waals surface area contributed by atoms with Crippen LogP contribution in [0.3, 0.4) is 0 Å². The fourth-order valence-corrected chi connectivity index (χ4v) is 0.453. The van der Waals surface area contributed by atoms with Crippen molar-refractivity contribution in [1.29, 1.82) is 0 Å². The Morgan fingerprint density at radius 3 is 1.17 bits per heavy atom. The number of aromatic hydroxyl groups is 2. The summed E-state index contributed by atoms with van der Waals surface area (Å²) < 4.78 is 0. The van der Waals surface area contributed by atoms with Crippen LogP contribution in [0.2, 0.25) is 0 Å². The molecule has 12 heavy (non-hydrogen) atoms. The van der Waals surface area contributed by atoms with E-state index in [-0.39, 0.29) is 11.5 Å². The molecule has 2 N–H and O–H groups in total. The Morgan fingerprint density at radius 2 is 1.00 bits per heavy atom. The Kier molecular flexibility index (Phi) is 4.88. The monoisotopic (exact) mass is 169 g/mol. The summed E-state index contributed by atoms with van der Waals surface area (Å²) in [5.74, 6) is 0.339. The third-order valence-electron chi connectivity index (χ3n) is 0.850. The van der Waals surface area contributed by atoms with Crippen molar-refractivity contribution < 1.29 is 10.2 Å². The maximum absolute atomic E-state index is 8.65. The summed E-state index contributed by atoms with van der Waals surface area (Å²) in [6.07, 6.45) is 0. The number of hydrogen-bond acceptors (Lipinski definition) is 3. The van der Waals surface area contributed by atoms with E-state index in [1.165, 1.54) is 24.3 Å². The zero-order chi connectivity index (χ0) is 9.56. The minimum atomic E-state index is 0.169. The van der Waals surface area contributed by atoms with Crippen LogP contribution < -0.4 is 0 Å². The van der Waals surface area contributed by atoms with Gasteiger partial charge >= 0.3 is 0 Å². The molecule has 3 nitrogen and oxygen atoms in total. The second kappa shape index (κ2) is 5.43. The van der Waals surface area contributed by atoms with Crippen molar-refractivity contribution in [1.82, 2.24) is 4.90 Å². The predicted molar refractivity (Wildman–Crippen MR) is 49.4 cm³/mol. The average Bonchev–Trinajstić information content (AvgIpc) is 1.94. The highest BCUT2D eigenvalue weighted by Gasteiger charge is 1.84. The van der Waals surface area contributed by atoms with E-state index >= 15 is 0 Å². The predicted octanol–water partition coefficient (Wildman–Crippen LogP) is 1.28. The molecule has 0 aliphatic heterocycles. The van der Waals surface area contributed by atoms with Crippen LogP contribution in [0, 0.1) is 0 Å². The zero-order valence-electron chi connectivity index (χ0n) is 7.65. The highest BCUT2D eigenvalue weighted by molar-refractivity contribution is 5.28. The van der Waals surface area contributed by atoms with Crippen molar-refractivity contribution in [2.24, 2.45) is 0 Å². The average molecular weight is 169 g/mol. The highest BCUT2D eigenvalue weighted by atomic mass is 16.3. The van der Waals surface area contributed by atoms with Gasteiger partial charge in [0.05, 0.1) is 0 Å². The number of phenols is 2. The van der Waals surface area contributed by atoms with Gasteiger partial charge in [-0.05, 0) is 45.4 Å². The lowest BCUT2D eigenvalue weighted by molar-refractivity contribution is 0.460. The number of rotatable bonds is 0. The second-order valence-electron chi connectivity index (χ2n) is 2.86. The summed E-state index contributed by atoms with van der Waals surface area (Å²) in [6, 6.07) is 5.70. The molecule has 0 fully saturated rings. The molecule has 68 valence electrons. The summed E-state index contributed by atoms with van der Waals surface area (Å²) in [5, 5.41) is 17.3. The van der Waals surface area contributed by atoms with Crippen LogP contribution in [0.5, 0.6) is 11.5 Å². The van der Waals surface area contributed by atoms with Gasteiger partial charge < -0.3 is 15.1 Å². The number of phenolic OH excluding ortho intramolecular Hbond substituents is 2. The molecule has 0 unspecified atom stereocenters. The molecule has 1 aromatic rings. The summed E-state index contributed by atoms with van der Waals surface area (Å²) in [6.45, 7) is 0. The van der Waals surface area contributed by atoms with Gasteiger partial charge in [-0.3, -0.25) is 0 Å². The minimum Gasteiger partial charge on any atom is -0.508 e. The van der Waals surface area contributed by atoms with Crippen LogP contribution in [0.1, 0.15) is 0 Å². The van der Waals surface area contributed by atoms with E-state index in [0.717, 1.165) is 0 Å². The molecule has 3 heteroatoms. The van der Waals surface area contributed by atoms with E-state index in [0.29, 0.717) is 0 Å². The molecule has 0 aliphatic rings. The molecule has 0 radical (unpaired) electrons. The van der Waals surface area contributed by atoms with Gasteiger partial charge in [0.2, 0.25) is 0 Å². The van der Waals surface area contributed by atoms with Crippen LogP contribution in [0.25, 0.3) is 0 Å². The highest BCUT2D eigenvalue weighted by Crippen LogP contribution is 2.13. The molecule has 0 saturated heterocycles. The zero-order valence-corrected chi connectivity index (χ0v) is 7.65. The molecule has 1 rings (SSSR count). The van der Waals surface area contributed by atoms with Crippen LogP contribution in [0.4, 0.5) is 0 Å². The molecule has 0 saturated carbocycles. The van der Waals surface area contributed by atoms with E-state index in [1.807, 2.05) is 26.0 Å². The number of nitrogens with zero attached hydrogens (tertiary/aromatic N) is 1. The lowest BCUT2D eigenvalue weighted by Gasteiger charge is -1.90. The lowest BCUT2D eigenvalue weighted by Crippen LogP contribution is -1.99. The lowest BCUT2D eigenvalue weighted by atomic mass is 10.3. The van der Waals surface area contributed by atoms with Crippen LogP contribution in [0.15, 0.2) is 24.3 Å². The van der Waals surface area contributed by atoms with E-state index in [9.17, 15) is 0 Å². The first kappa shape index (κ1) is 10.8. The SMILES string of the molecule is CN(C)C.Oc1ccc(O)cc1. The first-order valence-electron chi connectivity index (χ1n) is 3.61. The molecule has 0 aromatic heterocycles. The fourth-order valence-electron chi connectivity index (χ4n) is 0.453. The Labute approximate surface area is 72.9 Å². The van der Waals surface area contributed by atoms with Gasteiger partial charge in [0, 0.05) is 0 Å². The number of benzene rings is 1. The van der Waals surface area contributed by atoms with Gasteiger partial charge in [0.25, 0.3) is 0 Å². The van der Waals surface area contributed by atoms with Crippen molar-refractivity contribution in [3.8, 4) is 11.5 Å². The minimum absolute atomic E-state index is 0.169. The molecule has 0 bridgehead atoms. The third-order valence-corrected chi connectivity index (χ3v) is 0.850. The maximum atomic E-state index is 8.65. The molecule has 0 aliphatic carbocycles. The van der Waals surface area contributed by atoms with Gasteiger partial charge in [-0.25, -0.2) is 0 Å². The van der Waals surface area contributed by atoms with Crippen molar-refractivity contribution in [2.45, 2.75) is 0 Å². The summed E-state index contributed by atoms with van der Waals surface area (Å²) in [4.78, 5) is 2.00. The number of hydrogen-bond donors (Lipinski definition) is 2. The third kappa shape index (κ3) is 6.89. The molecule has 0 heterocycles. The fraction of sp³-hybridized carbons (Fsp3) is 0.333. The van der Waals surface area contributed by atoms with Gasteiger partial charge in [-0.15, -0.1) is 0 Å². The second-order valence-corrected chi connectivity index (χ2v) is 2.86. The van der Waals surface area contributed by atoms with Crippen LogP contribution >= 0.6 is 0 Å².